The minimum absolute atomic E-state index is 0.239. The van der Waals surface area contributed by atoms with Crippen molar-refractivity contribution in [3.05, 3.63) is 0 Å². The Labute approximate surface area is 96.7 Å². The van der Waals surface area contributed by atoms with E-state index in [1.165, 1.54) is 12.2 Å². The third kappa shape index (κ3) is 2.05. The van der Waals surface area contributed by atoms with Crippen LogP contribution in [0.1, 0.15) is 20.3 Å². The van der Waals surface area contributed by atoms with Crippen molar-refractivity contribution >= 4 is 11.8 Å². The van der Waals surface area contributed by atoms with Gasteiger partial charge in [-0.05, 0) is 19.1 Å². The van der Waals surface area contributed by atoms with Gasteiger partial charge in [0, 0.05) is 30.4 Å². The molecule has 0 aliphatic carbocycles. The summed E-state index contributed by atoms with van der Waals surface area (Å²) >= 11 is 2.06. The van der Waals surface area contributed by atoms with Gasteiger partial charge in [-0.3, -0.25) is 4.90 Å². The molecule has 2 aliphatic heterocycles. The van der Waals surface area contributed by atoms with Gasteiger partial charge in [0.1, 0.15) is 0 Å². The Kier molecular flexibility index (Phi) is 3.60. The topological polar surface area (TPSA) is 38.5 Å². The highest BCUT2D eigenvalue weighted by atomic mass is 32.2. The first kappa shape index (κ1) is 11.7. The molecule has 3 nitrogen and oxygen atoms in total. The molecule has 0 amide bonds. The summed E-state index contributed by atoms with van der Waals surface area (Å²) in [6.07, 6.45) is 1.60. The molecule has 0 aromatic heterocycles. The average molecular weight is 230 g/mol. The fraction of sp³-hybridized carbons (Fsp3) is 1.00. The quantitative estimate of drug-likeness (QED) is 0.766. The zero-order chi connectivity index (χ0) is 10.9. The first-order valence-corrected chi connectivity index (χ1v) is 6.92. The third-order valence-electron chi connectivity index (χ3n) is 3.88. The predicted octanol–water partition coefficient (Wildman–Crippen LogP) is 0.930. The van der Waals surface area contributed by atoms with Crippen molar-refractivity contribution in [1.29, 1.82) is 0 Å². The van der Waals surface area contributed by atoms with Crippen LogP contribution in [0.15, 0.2) is 0 Å². The average Bonchev–Trinajstić information content (AvgIpc) is 2.61. The lowest BCUT2D eigenvalue weighted by Gasteiger charge is -2.46. The second-order valence-electron chi connectivity index (χ2n) is 4.70. The predicted molar refractivity (Wildman–Crippen MR) is 65.3 cm³/mol. The van der Waals surface area contributed by atoms with E-state index in [0.717, 1.165) is 26.2 Å². The molecular formula is C11H22N2OS. The van der Waals surface area contributed by atoms with Crippen LogP contribution in [0.4, 0.5) is 0 Å². The molecule has 2 rings (SSSR count). The Morgan fingerprint density at radius 2 is 2.33 bits per heavy atom. The number of ether oxygens (including phenoxy) is 1. The van der Waals surface area contributed by atoms with Gasteiger partial charge in [0.2, 0.25) is 0 Å². The molecule has 0 bridgehead atoms. The lowest BCUT2D eigenvalue weighted by molar-refractivity contribution is -0.0593. The monoisotopic (exact) mass is 230 g/mol. The normalized spacial score (nSPS) is 43.4. The largest absolute Gasteiger partial charge is 0.376 e. The third-order valence-corrected chi connectivity index (χ3v) is 5.26. The molecule has 2 N–H and O–H groups in total. The van der Waals surface area contributed by atoms with Crippen molar-refractivity contribution in [3.8, 4) is 0 Å². The SMILES string of the molecule is CC1CN(C2(CN)CCSC2C)CCO1. The molecule has 0 aromatic rings. The van der Waals surface area contributed by atoms with Crippen LogP contribution in [-0.2, 0) is 4.74 Å². The van der Waals surface area contributed by atoms with Crippen LogP contribution in [0.25, 0.3) is 0 Å². The summed E-state index contributed by atoms with van der Waals surface area (Å²) < 4.78 is 5.60. The van der Waals surface area contributed by atoms with Gasteiger partial charge in [-0.1, -0.05) is 6.92 Å². The van der Waals surface area contributed by atoms with E-state index in [9.17, 15) is 0 Å². The van der Waals surface area contributed by atoms with Gasteiger partial charge in [0.15, 0.2) is 0 Å². The van der Waals surface area contributed by atoms with Crippen molar-refractivity contribution in [2.45, 2.75) is 37.2 Å². The highest BCUT2D eigenvalue weighted by Gasteiger charge is 2.45. The minimum Gasteiger partial charge on any atom is -0.376 e. The van der Waals surface area contributed by atoms with Crippen molar-refractivity contribution < 1.29 is 4.74 Å². The second kappa shape index (κ2) is 4.62. The Morgan fingerprint density at radius 3 is 2.87 bits per heavy atom. The fourth-order valence-corrected chi connectivity index (χ4v) is 4.30. The summed E-state index contributed by atoms with van der Waals surface area (Å²) in [5.74, 6) is 1.25. The molecule has 4 heteroatoms. The molecule has 2 saturated heterocycles. The van der Waals surface area contributed by atoms with Crippen molar-refractivity contribution in [2.75, 3.05) is 32.0 Å². The maximum atomic E-state index is 6.04. The van der Waals surface area contributed by atoms with E-state index in [1.54, 1.807) is 0 Å². The Bertz CT molecular complexity index is 227. The summed E-state index contributed by atoms with van der Waals surface area (Å²) in [6.45, 7) is 8.22. The maximum Gasteiger partial charge on any atom is 0.0674 e. The first-order valence-electron chi connectivity index (χ1n) is 5.87. The maximum absolute atomic E-state index is 6.04. The van der Waals surface area contributed by atoms with Gasteiger partial charge < -0.3 is 10.5 Å². The smallest absolute Gasteiger partial charge is 0.0674 e. The van der Waals surface area contributed by atoms with Crippen LogP contribution in [0, 0.1) is 0 Å². The molecular weight excluding hydrogens is 208 g/mol. The van der Waals surface area contributed by atoms with E-state index in [-0.39, 0.29) is 5.54 Å². The van der Waals surface area contributed by atoms with Gasteiger partial charge in [-0.25, -0.2) is 0 Å². The number of morpholine rings is 1. The van der Waals surface area contributed by atoms with Gasteiger partial charge in [0.25, 0.3) is 0 Å². The standard InChI is InChI=1S/C11H22N2OS/c1-9-7-13(4-5-14-9)11(8-12)3-6-15-10(11)2/h9-10H,3-8,12H2,1-2H3. The molecule has 0 aromatic carbocycles. The van der Waals surface area contributed by atoms with Crippen LogP contribution >= 0.6 is 11.8 Å². The van der Waals surface area contributed by atoms with Crippen LogP contribution in [0.3, 0.4) is 0 Å². The summed E-state index contributed by atoms with van der Waals surface area (Å²) in [4.78, 5) is 2.58. The number of hydrogen-bond acceptors (Lipinski definition) is 4. The number of hydrogen-bond donors (Lipinski definition) is 1. The zero-order valence-corrected chi connectivity index (χ0v) is 10.6. The molecule has 0 saturated carbocycles. The molecule has 15 heavy (non-hydrogen) atoms. The summed E-state index contributed by atoms with van der Waals surface area (Å²) in [5, 5.41) is 0.660. The molecule has 3 unspecified atom stereocenters. The minimum atomic E-state index is 0.239. The first-order chi connectivity index (χ1) is 7.19. The van der Waals surface area contributed by atoms with E-state index in [4.69, 9.17) is 10.5 Å². The van der Waals surface area contributed by atoms with E-state index in [0.29, 0.717) is 11.4 Å². The Balaban J connectivity index is 2.11. The van der Waals surface area contributed by atoms with Gasteiger partial charge >= 0.3 is 0 Å². The lowest BCUT2D eigenvalue weighted by atomic mass is 9.89. The number of rotatable bonds is 2. The van der Waals surface area contributed by atoms with Gasteiger partial charge in [-0.2, -0.15) is 11.8 Å². The van der Waals surface area contributed by atoms with Crippen LogP contribution in [0.2, 0.25) is 0 Å². The molecule has 2 heterocycles. The van der Waals surface area contributed by atoms with Crippen molar-refractivity contribution in [2.24, 2.45) is 5.73 Å². The summed E-state index contributed by atoms with van der Waals surface area (Å²) in [5.41, 5.74) is 6.28. The zero-order valence-electron chi connectivity index (χ0n) is 9.74. The molecule has 2 aliphatic rings. The van der Waals surface area contributed by atoms with Gasteiger partial charge in [-0.15, -0.1) is 0 Å². The number of nitrogens with two attached hydrogens (primary N) is 1. The summed E-state index contributed by atoms with van der Waals surface area (Å²) in [7, 11) is 0. The highest BCUT2D eigenvalue weighted by molar-refractivity contribution is 8.00. The van der Waals surface area contributed by atoms with E-state index >= 15 is 0 Å². The molecule has 0 spiro atoms. The molecule has 2 fully saturated rings. The van der Waals surface area contributed by atoms with Gasteiger partial charge in [0.05, 0.1) is 12.7 Å². The Morgan fingerprint density at radius 1 is 1.53 bits per heavy atom. The van der Waals surface area contributed by atoms with Crippen molar-refractivity contribution in [3.63, 3.8) is 0 Å². The number of thioether (sulfide) groups is 1. The lowest BCUT2D eigenvalue weighted by Crippen LogP contribution is -2.61. The van der Waals surface area contributed by atoms with Crippen LogP contribution in [-0.4, -0.2) is 53.8 Å². The number of nitrogens with zero attached hydrogens (tertiary/aromatic N) is 1. The molecule has 3 atom stereocenters. The molecule has 0 radical (unpaired) electrons. The highest BCUT2D eigenvalue weighted by Crippen LogP contribution is 2.40. The molecule has 88 valence electrons. The second-order valence-corrected chi connectivity index (χ2v) is 6.15. The van der Waals surface area contributed by atoms with E-state index < -0.39 is 0 Å². The van der Waals surface area contributed by atoms with E-state index in [1.807, 2.05) is 0 Å². The van der Waals surface area contributed by atoms with Crippen LogP contribution in [0.5, 0.6) is 0 Å². The Hall–Kier alpha value is 0.230. The van der Waals surface area contributed by atoms with E-state index in [2.05, 4.69) is 30.5 Å². The fourth-order valence-electron chi connectivity index (χ4n) is 2.81. The summed E-state index contributed by atoms with van der Waals surface area (Å²) in [6, 6.07) is 0. The van der Waals surface area contributed by atoms with Crippen LogP contribution < -0.4 is 5.73 Å². The van der Waals surface area contributed by atoms with Crippen molar-refractivity contribution in [1.82, 2.24) is 4.90 Å².